The molecule has 4 rings (SSSR count). The van der Waals surface area contributed by atoms with E-state index in [0.717, 1.165) is 33.0 Å². The highest BCUT2D eigenvalue weighted by Gasteiger charge is 2.16. The lowest BCUT2D eigenvalue weighted by Gasteiger charge is -2.08. The maximum absolute atomic E-state index is 12.7. The van der Waals surface area contributed by atoms with Gasteiger partial charge >= 0.3 is 0 Å². The van der Waals surface area contributed by atoms with Crippen molar-refractivity contribution >= 4 is 27.9 Å². The average molecular weight is 347 g/mol. The lowest BCUT2D eigenvalue weighted by Crippen LogP contribution is -2.14. The van der Waals surface area contributed by atoms with Crippen molar-refractivity contribution in [2.75, 3.05) is 5.32 Å². The van der Waals surface area contributed by atoms with Gasteiger partial charge in [-0.1, -0.05) is 42.5 Å². The predicted molar refractivity (Wildman–Crippen MR) is 102 cm³/mol. The predicted octanol–water partition coefficient (Wildman–Crippen LogP) is 4.93. The fourth-order valence-electron chi connectivity index (χ4n) is 2.75. The Labute approximate surface area is 149 Å². The van der Waals surface area contributed by atoms with E-state index >= 15 is 0 Å². The summed E-state index contributed by atoms with van der Waals surface area (Å²) in [6.07, 6.45) is 1.92. The average Bonchev–Trinajstić information content (AvgIpc) is 3.19. The number of benzene rings is 2. The van der Waals surface area contributed by atoms with Crippen LogP contribution in [-0.2, 0) is 0 Å². The monoisotopic (exact) mass is 347 g/mol. The number of amides is 1. The first-order valence-corrected chi connectivity index (χ1v) is 8.90. The van der Waals surface area contributed by atoms with E-state index in [2.05, 4.69) is 10.3 Å². The fourth-order valence-corrected chi connectivity index (χ4v) is 3.61. The van der Waals surface area contributed by atoms with E-state index in [9.17, 15) is 4.79 Å². The second kappa shape index (κ2) is 6.18. The number of carbonyl (C=O) groups is 1. The molecule has 0 aliphatic carbocycles. The Morgan fingerprint density at radius 2 is 1.92 bits per heavy atom. The molecule has 0 unspecified atom stereocenters. The van der Waals surface area contributed by atoms with Crippen molar-refractivity contribution in [1.29, 1.82) is 0 Å². The van der Waals surface area contributed by atoms with Crippen LogP contribution in [0.25, 0.3) is 16.2 Å². The molecule has 25 heavy (non-hydrogen) atoms. The quantitative estimate of drug-likeness (QED) is 0.571. The maximum atomic E-state index is 12.7. The van der Waals surface area contributed by atoms with Gasteiger partial charge in [-0.15, -0.1) is 11.3 Å². The van der Waals surface area contributed by atoms with Gasteiger partial charge in [0.05, 0.1) is 5.69 Å². The molecule has 124 valence electrons. The van der Waals surface area contributed by atoms with Crippen molar-refractivity contribution in [3.05, 3.63) is 76.9 Å². The van der Waals surface area contributed by atoms with Gasteiger partial charge in [0.15, 0.2) is 4.96 Å². The van der Waals surface area contributed by atoms with E-state index in [-0.39, 0.29) is 5.91 Å². The largest absolute Gasteiger partial charge is 0.320 e. The van der Waals surface area contributed by atoms with E-state index < -0.39 is 0 Å². The van der Waals surface area contributed by atoms with Crippen LogP contribution in [0.1, 0.15) is 21.6 Å². The summed E-state index contributed by atoms with van der Waals surface area (Å²) in [4.78, 5) is 18.2. The van der Waals surface area contributed by atoms with E-state index in [0.29, 0.717) is 5.69 Å². The lowest BCUT2D eigenvalue weighted by molar-refractivity contribution is 0.102. The maximum Gasteiger partial charge on any atom is 0.273 e. The second-order valence-corrected chi connectivity index (χ2v) is 6.87. The molecule has 0 radical (unpaired) electrons. The molecule has 4 nitrogen and oxygen atoms in total. The van der Waals surface area contributed by atoms with Crippen LogP contribution >= 0.6 is 11.3 Å². The molecule has 1 amide bonds. The van der Waals surface area contributed by atoms with Gasteiger partial charge in [0, 0.05) is 22.8 Å². The van der Waals surface area contributed by atoms with Gasteiger partial charge in [-0.3, -0.25) is 9.20 Å². The van der Waals surface area contributed by atoms with Crippen molar-refractivity contribution in [3.8, 4) is 11.3 Å². The Kier molecular flexibility index (Phi) is 3.86. The minimum atomic E-state index is -0.128. The SMILES string of the molecule is Cc1ccc(C)c(NC(=O)c2csc3nc(-c4ccccc4)cn23)c1. The molecule has 0 atom stereocenters. The molecule has 0 saturated carbocycles. The standard InChI is InChI=1S/C20H17N3OS/c1-13-8-9-14(2)16(10-13)21-19(24)18-12-25-20-22-17(11-23(18)20)15-6-4-3-5-7-15/h3-12H,1-2H3,(H,21,24). The van der Waals surface area contributed by atoms with Crippen LogP contribution in [0.3, 0.4) is 0 Å². The third-order valence-electron chi connectivity index (χ3n) is 4.15. The van der Waals surface area contributed by atoms with E-state index in [1.165, 1.54) is 11.3 Å². The summed E-state index contributed by atoms with van der Waals surface area (Å²) in [6, 6.07) is 16.0. The third-order valence-corrected chi connectivity index (χ3v) is 4.99. The summed E-state index contributed by atoms with van der Waals surface area (Å²) in [5.74, 6) is -0.128. The summed E-state index contributed by atoms with van der Waals surface area (Å²) in [5.41, 5.74) is 5.50. The summed E-state index contributed by atoms with van der Waals surface area (Å²) >= 11 is 1.47. The van der Waals surface area contributed by atoms with Crippen LogP contribution < -0.4 is 5.32 Å². The first-order valence-electron chi connectivity index (χ1n) is 8.02. The molecule has 0 saturated heterocycles. The van der Waals surface area contributed by atoms with E-state index in [4.69, 9.17) is 0 Å². The topological polar surface area (TPSA) is 46.4 Å². The number of aromatic nitrogens is 2. The zero-order chi connectivity index (χ0) is 17.4. The van der Waals surface area contributed by atoms with Crippen molar-refractivity contribution in [1.82, 2.24) is 9.38 Å². The summed E-state index contributed by atoms with van der Waals surface area (Å²) in [6.45, 7) is 4.00. The zero-order valence-corrected chi connectivity index (χ0v) is 14.8. The van der Waals surface area contributed by atoms with Crippen LogP contribution in [0.15, 0.2) is 60.1 Å². The molecule has 5 heteroatoms. The molecule has 2 aromatic heterocycles. The number of thiazole rings is 1. The number of carbonyl (C=O) groups excluding carboxylic acids is 1. The molecule has 0 bridgehead atoms. The molecule has 2 heterocycles. The third kappa shape index (κ3) is 2.94. The molecule has 2 aromatic carbocycles. The Morgan fingerprint density at radius 3 is 2.72 bits per heavy atom. The van der Waals surface area contributed by atoms with Crippen molar-refractivity contribution in [2.24, 2.45) is 0 Å². The normalized spacial score (nSPS) is 11.0. The number of nitrogens with one attached hydrogen (secondary N) is 1. The van der Waals surface area contributed by atoms with Crippen LogP contribution in [0.4, 0.5) is 5.69 Å². The number of nitrogens with zero attached hydrogens (tertiary/aromatic N) is 2. The molecular formula is C20H17N3OS. The molecular weight excluding hydrogens is 330 g/mol. The van der Waals surface area contributed by atoms with Gasteiger partial charge in [0.25, 0.3) is 5.91 Å². The van der Waals surface area contributed by atoms with Crippen molar-refractivity contribution in [2.45, 2.75) is 13.8 Å². The van der Waals surface area contributed by atoms with Crippen LogP contribution in [0, 0.1) is 13.8 Å². The number of hydrogen-bond donors (Lipinski definition) is 1. The Bertz CT molecular complexity index is 1060. The molecule has 1 N–H and O–H groups in total. The summed E-state index contributed by atoms with van der Waals surface area (Å²) in [7, 11) is 0. The van der Waals surface area contributed by atoms with Gasteiger partial charge in [-0.25, -0.2) is 4.98 Å². The van der Waals surface area contributed by atoms with Gasteiger partial charge < -0.3 is 5.32 Å². The molecule has 0 fully saturated rings. The number of aryl methyl sites for hydroxylation is 2. The number of rotatable bonds is 3. The summed E-state index contributed by atoms with van der Waals surface area (Å²) < 4.78 is 1.85. The van der Waals surface area contributed by atoms with Gasteiger partial charge in [0.1, 0.15) is 5.69 Å². The van der Waals surface area contributed by atoms with E-state index in [1.807, 2.05) is 78.4 Å². The highest BCUT2D eigenvalue weighted by molar-refractivity contribution is 7.15. The van der Waals surface area contributed by atoms with Crippen LogP contribution in [-0.4, -0.2) is 15.3 Å². The number of imidazole rings is 1. The first-order chi connectivity index (χ1) is 12.1. The Hall–Kier alpha value is -2.92. The minimum Gasteiger partial charge on any atom is -0.320 e. The zero-order valence-electron chi connectivity index (χ0n) is 14.0. The number of fused-ring (bicyclic) bond motifs is 1. The highest BCUT2D eigenvalue weighted by Crippen LogP contribution is 2.24. The highest BCUT2D eigenvalue weighted by atomic mass is 32.1. The van der Waals surface area contributed by atoms with E-state index in [1.54, 1.807) is 0 Å². The van der Waals surface area contributed by atoms with Gasteiger partial charge in [-0.2, -0.15) is 0 Å². The Balaban J connectivity index is 1.68. The number of anilines is 1. The Morgan fingerprint density at radius 1 is 1.12 bits per heavy atom. The van der Waals surface area contributed by atoms with Crippen molar-refractivity contribution in [3.63, 3.8) is 0 Å². The summed E-state index contributed by atoms with van der Waals surface area (Å²) in [5, 5.41) is 4.86. The molecule has 4 aromatic rings. The molecule has 0 aliphatic heterocycles. The van der Waals surface area contributed by atoms with Crippen LogP contribution in [0.2, 0.25) is 0 Å². The second-order valence-electron chi connectivity index (χ2n) is 6.04. The smallest absolute Gasteiger partial charge is 0.273 e. The van der Waals surface area contributed by atoms with Crippen molar-refractivity contribution < 1.29 is 4.79 Å². The number of hydrogen-bond acceptors (Lipinski definition) is 3. The lowest BCUT2D eigenvalue weighted by atomic mass is 10.1. The van der Waals surface area contributed by atoms with Gasteiger partial charge in [-0.05, 0) is 31.0 Å². The first kappa shape index (κ1) is 15.6. The van der Waals surface area contributed by atoms with Crippen LogP contribution in [0.5, 0.6) is 0 Å². The molecule has 0 aliphatic rings. The van der Waals surface area contributed by atoms with Gasteiger partial charge in [0.2, 0.25) is 0 Å². The fraction of sp³-hybridized carbons (Fsp3) is 0.100. The molecule has 0 spiro atoms. The minimum absolute atomic E-state index is 0.128.